The number of benzene rings is 1. The van der Waals surface area contributed by atoms with Crippen LogP contribution in [0, 0.1) is 18.6 Å². The lowest BCUT2D eigenvalue weighted by Crippen LogP contribution is -2.38. The van der Waals surface area contributed by atoms with Crippen molar-refractivity contribution in [3.8, 4) is 0 Å². The number of aryl methyl sites for hydroxylation is 1. The molecule has 1 aliphatic rings. The van der Waals surface area contributed by atoms with Crippen LogP contribution in [0.1, 0.15) is 22.6 Å². The second-order valence-electron chi connectivity index (χ2n) is 6.41. The second kappa shape index (κ2) is 7.18. The lowest BCUT2D eigenvalue weighted by molar-refractivity contribution is 0.0741. The van der Waals surface area contributed by atoms with Gasteiger partial charge in [0, 0.05) is 18.8 Å². The van der Waals surface area contributed by atoms with E-state index < -0.39 is 39.1 Å². The van der Waals surface area contributed by atoms with Gasteiger partial charge in [-0.05, 0) is 31.5 Å². The van der Waals surface area contributed by atoms with Crippen LogP contribution in [0.4, 0.5) is 20.4 Å². The zero-order valence-electron chi connectivity index (χ0n) is 14.7. The number of sulfone groups is 1. The van der Waals surface area contributed by atoms with Crippen molar-refractivity contribution in [3.63, 3.8) is 0 Å². The number of hydrogen-bond acceptors (Lipinski definition) is 6. The zero-order chi connectivity index (χ0) is 19.8. The van der Waals surface area contributed by atoms with Gasteiger partial charge in [-0.2, -0.15) is 0 Å². The zero-order valence-corrected chi connectivity index (χ0v) is 15.6. The van der Waals surface area contributed by atoms with Crippen molar-refractivity contribution in [1.29, 1.82) is 0 Å². The number of rotatable bonds is 4. The van der Waals surface area contributed by atoms with E-state index in [4.69, 9.17) is 0 Å². The molecule has 1 saturated heterocycles. The highest BCUT2D eigenvalue weighted by molar-refractivity contribution is 7.91. The summed E-state index contributed by atoms with van der Waals surface area (Å²) in [6, 6.07) is 4.40. The topological polar surface area (TPSA) is 92.3 Å². The molecule has 2 heterocycles. The quantitative estimate of drug-likeness (QED) is 0.851. The van der Waals surface area contributed by atoms with Gasteiger partial charge in [-0.1, -0.05) is 6.07 Å². The van der Waals surface area contributed by atoms with E-state index in [1.54, 1.807) is 6.92 Å². The molecule has 0 aliphatic carbocycles. The number of aromatic nitrogens is 2. The molecule has 0 radical (unpaired) electrons. The van der Waals surface area contributed by atoms with Crippen LogP contribution in [0.5, 0.6) is 0 Å². The summed E-state index contributed by atoms with van der Waals surface area (Å²) < 4.78 is 50.9. The number of nitrogens with zero attached hydrogens (tertiary/aromatic N) is 3. The molecule has 3 rings (SSSR count). The van der Waals surface area contributed by atoms with Gasteiger partial charge in [0.05, 0.1) is 11.5 Å². The number of hydrogen-bond donors (Lipinski definition) is 1. The molecule has 10 heteroatoms. The molecule has 0 saturated carbocycles. The van der Waals surface area contributed by atoms with E-state index in [9.17, 15) is 22.0 Å². The molecular weight excluding hydrogens is 378 g/mol. The number of halogens is 2. The Kier molecular flexibility index (Phi) is 5.09. The maximum Gasteiger partial charge on any atom is 0.272 e. The van der Waals surface area contributed by atoms with E-state index in [-0.39, 0.29) is 23.1 Å². The molecule has 1 amide bonds. The Hall–Kier alpha value is -2.62. The van der Waals surface area contributed by atoms with Crippen LogP contribution in [0.25, 0.3) is 0 Å². The number of anilines is 2. The van der Waals surface area contributed by atoms with Crippen LogP contribution in [0.3, 0.4) is 0 Å². The standard InChI is InChI=1S/C17H18F2N4O3S/c1-10-8-14(16(24)23(2)11-6-7-27(25,26)9-11)21-17(20-10)22-15-12(18)4-3-5-13(15)19/h3-5,8,11H,6-7,9H2,1-2H3,(H,20,21,22). The maximum absolute atomic E-state index is 13.8. The SMILES string of the molecule is Cc1cc(C(=O)N(C)C2CCS(=O)(=O)C2)nc(Nc2c(F)cccc2F)n1. The second-order valence-corrected chi connectivity index (χ2v) is 8.64. The van der Waals surface area contributed by atoms with Crippen LogP contribution >= 0.6 is 0 Å². The molecule has 2 aromatic rings. The molecule has 1 unspecified atom stereocenters. The monoisotopic (exact) mass is 396 g/mol. The molecule has 7 nitrogen and oxygen atoms in total. The smallest absolute Gasteiger partial charge is 0.272 e. The minimum Gasteiger partial charge on any atom is -0.336 e. The van der Waals surface area contributed by atoms with Crippen molar-refractivity contribution in [3.05, 3.63) is 47.3 Å². The first-order valence-corrected chi connectivity index (χ1v) is 10.0. The molecule has 1 aromatic carbocycles. The third kappa shape index (κ3) is 4.21. The van der Waals surface area contributed by atoms with E-state index in [0.717, 1.165) is 12.1 Å². The van der Waals surface area contributed by atoms with E-state index in [0.29, 0.717) is 12.1 Å². The maximum atomic E-state index is 13.8. The lowest BCUT2D eigenvalue weighted by Gasteiger charge is -2.23. The molecule has 1 fully saturated rings. The highest BCUT2D eigenvalue weighted by Crippen LogP contribution is 2.22. The van der Waals surface area contributed by atoms with Gasteiger partial charge in [0.25, 0.3) is 5.91 Å². The van der Waals surface area contributed by atoms with Gasteiger partial charge in [0.15, 0.2) is 9.84 Å². The number of carbonyl (C=O) groups excluding carboxylic acids is 1. The fraction of sp³-hybridized carbons (Fsp3) is 0.353. The predicted octanol–water partition coefficient (Wildman–Crippen LogP) is 2.07. The van der Waals surface area contributed by atoms with Gasteiger partial charge in [0.2, 0.25) is 5.95 Å². The number of para-hydroxylation sites is 1. The molecule has 0 bridgehead atoms. The van der Waals surface area contributed by atoms with Gasteiger partial charge in [-0.3, -0.25) is 4.79 Å². The predicted molar refractivity (Wildman–Crippen MR) is 95.6 cm³/mol. The average Bonchev–Trinajstić information content (AvgIpc) is 2.96. The molecule has 1 aliphatic heterocycles. The Morgan fingerprint density at radius 1 is 1.26 bits per heavy atom. The van der Waals surface area contributed by atoms with E-state index in [1.807, 2.05) is 0 Å². The Bertz CT molecular complexity index is 977. The summed E-state index contributed by atoms with van der Waals surface area (Å²) in [5.41, 5.74) is 0.00493. The van der Waals surface area contributed by atoms with Crippen molar-refractivity contribution < 1.29 is 22.0 Å². The molecule has 144 valence electrons. The van der Waals surface area contributed by atoms with Gasteiger partial charge in [-0.25, -0.2) is 27.2 Å². The first-order valence-electron chi connectivity index (χ1n) is 8.20. The summed E-state index contributed by atoms with van der Waals surface area (Å²) in [6.07, 6.45) is 0.361. The molecular formula is C17H18F2N4O3S. The van der Waals surface area contributed by atoms with Crippen LogP contribution < -0.4 is 5.32 Å². The number of nitrogens with one attached hydrogen (secondary N) is 1. The normalized spacial score (nSPS) is 18.3. The van der Waals surface area contributed by atoms with Crippen molar-refractivity contribution in [1.82, 2.24) is 14.9 Å². The summed E-state index contributed by atoms with van der Waals surface area (Å²) in [6.45, 7) is 1.61. The van der Waals surface area contributed by atoms with Crippen LogP contribution in [0.15, 0.2) is 24.3 Å². The third-order valence-corrected chi connectivity index (χ3v) is 6.10. The van der Waals surface area contributed by atoms with E-state index >= 15 is 0 Å². The summed E-state index contributed by atoms with van der Waals surface area (Å²) >= 11 is 0. The molecule has 27 heavy (non-hydrogen) atoms. The number of carbonyl (C=O) groups is 1. The van der Waals surface area contributed by atoms with Gasteiger partial charge in [-0.15, -0.1) is 0 Å². The summed E-state index contributed by atoms with van der Waals surface area (Å²) in [5.74, 6) is -2.31. The third-order valence-electron chi connectivity index (χ3n) is 4.35. The van der Waals surface area contributed by atoms with Crippen LogP contribution in [-0.2, 0) is 9.84 Å². The highest BCUT2D eigenvalue weighted by atomic mass is 32.2. The van der Waals surface area contributed by atoms with Crippen molar-refractivity contribution in [2.75, 3.05) is 23.9 Å². The highest BCUT2D eigenvalue weighted by Gasteiger charge is 2.33. The van der Waals surface area contributed by atoms with Gasteiger partial charge >= 0.3 is 0 Å². The average molecular weight is 396 g/mol. The summed E-state index contributed by atoms with van der Waals surface area (Å²) in [4.78, 5) is 22.1. The van der Waals surface area contributed by atoms with Crippen LogP contribution in [-0.4, -0.2) is 53.8 Å². The lowest BCUT2D eigenvalue weighted by atomic mass is 10.2. The summed E-state index contributed by atoms with van der Waals surface area (Å²) in [5, 5.41) is 2.46. The Balaban J connectivity index is 1.86. The largest absolute Gasteiger partial charge is 0.336 e. The first kappa shape index (κ1) is 19.2. The molecule has 1 N–H and O–H groups in total. The Morgan fingerprint density at radius 3 is 2.52 bits per heavy atom. The van der Waals surface area contributed by atoms with E-state index in [1.165, 1.54) is 24.1 Å². The Labute approximate surface area is 155 Å². The fourth-order valence-electron chi connectivity index (χ4n) is 2.89. The van der Waals surface area contributed by atoms with E-state index in [2.05, 4.69) is 15.3 Å². The minimum absolute atomic E-state index is 0.00791. The minimum atomic E-state index is -3.15. The van der Waals surface area contributed by atoms with Crippen LogP contribution in [0.2, 0.25) is 0 Å². The first-order chi connectivity index (χ1) is 12.7. The molecule has 1 atom stereocenters. The molecule has 1 aromatic heterocycles. The van der Waals surface area contributed by atoms with Crippen molar-refractivity contribution in [2.45, 2.75) is 19.4 Å². The fourth-order valence-corrected chi connectivity index (χ4v) is 4.66. The Morgan fingerprint density at radius 2 is 1.93 bits per heavy atom. The van der Waals surface area contributed by atoms with Gasteiger partial charge < -0.3 is 10.2 Å². The number of amides is 1. The van der Waals surface area contributed by atoms with Crippen molar-refractivity contribution in [2.24, 2.45) is 0 Å². The summed E-state index contributed by atoms with van der Waals surface area (Å²) in [7, 11) is -1.64. The van der Waals surface area contributed by atoms with Gasteiger partial charge in [0.1, 0.15) is 23.0 Å². The van der Waals surface area contributed by atoms with Crippen molar-refractivity contribution >= 4 is 27.4 Å². The molecule has 0 spiro atoms.